The van der Waals surface area contributed by atoms with Gasteiger partial charge in [-0.15, -0.1) is 0 Å². The summed E-state index contributed by atoms with van der Waals surface area (Å²) in [5.41, 5.74) is -0.0817. The zero-order valence-electron chi connectivity index (χ0n) is 17.2. The van der Waals surface area contributed by atoms with Crippen LogP contribution >= 0.6 is 0 Å². The molecule has 0 spiro atoms. The molecule has 3 heterocycles. The predicted molar refractivity (Wildman–Crippen MR) is 107 cm³/mol. The molecule has 3 aromatic rings. The van der Waals surface area contributed by atoms with Gasteiger partial charge >= 0.3 is 6.18 Å². The van der Waals surface area contributed by atoms with Gasteiger partial charge in [-0.1, -0.05) is 12.1 Å². The van der Waals surface area contributed by atoms with E-state index in [1.54, 1.807) is 24.3 Å². The highest BCUT2D eigenvalue weighted by Crippen LogP contribution is 2.45. The van der Waals surface area contributed by atoms with Crippen LogP contribution in [0.3, 0.4) is 0 Å². The van der Waals surface area contributed by atoms with Gasteiger partial charge in [0.2, 0.25) is 5.88 Å². The number of carbonyl (C=O) groups is 1. The molecule has 4 atom stereocenters. The van der Waals surface area contributed by atoms with Crippen LogP contribution < -0.4 is 4.74 Å². The molecule has 1 aliphatic heterocycles. The van der Waals surface area contributed by atoms with E-state index in [0.717, 1.165) is 12.1 Å². The van der Waals surface area contributed by atoms with Gasteiger partial charge in [0.25, 0.3) is 5.91 Å². The molecule has 2 aliphatic rings. The molecule has 2 unspecified atom stereocenters. The number of pyridine rings is 1. The first-order valence-corrected chi connectivity index (χ1v) is 10.4. The number of hydrogen-bond acceptors (Lipinski definition) is 5. The molecular weight excluding hydrogens is 442 g/mol. The Hall–Kier alpha value is -3.50. The number of nitrogens with zero attached hydrogens (tertiary/aromatic N) is 5. The third-order valence-corrected chi connectivity index (χ3v) is 6.26. The van der Waals surface area contributed by atoms with Crippen molar-refractivity contribution >= 4 is 5.91 Å². The van der Waals surface area contributed by atoms with E-state index in [4.69, 9.17) is 4.74 Å². The normalized spacial score (nSPS) is 24.3. The predicted octanol–water partition coefficient (Wildman–Crippen LogP) is 3.70. The summed E-state index contributed by atoms with van der Waals surface area (Å²) in [6.07, 6.45) is -0.257. The first-order chi connectivity index (χ1) is 15.9. The lowest BCUT2D eigenvalue weighted by Crippen LogP contribution is -2.53. The number of para-hydroxylation sites is 1. The van der Waals surface area contributed by atoms with Crippen molar-refractivity contribution in [1.29, 1.82) is 0 Å². The molecule has 5 rings (SSSR count). The summed E-state index contributed by atoms with van der Waals surface area (Å²) in [4.78, 5) is 20.2. The Kier molecular flexibility index (Phi) is 5.26. The molecule has 7 nitrogen and oxygen atoms in total. The standard InChI is InChI=1S/C22H19F4N5O2/c23-11-18-13-9-17(19(10-13)33-20-6-5-14(12-27-20)22(24,25)26)30(18)21(32)15-3-1-2-4-16(15)31-28-7-8-29-31/h1-8,12-13,17-19H,9-11H2/t13?,17?,18-,19-/m1/s1. The maximum Gasteiger partial charge on any atom is 0.417 e. The van der Waals surface area contributed by atoms with E-state index < -0.39 is 36.6 Å². The van der Waals surface area contributed by atoms with Gasteiger partial charge in [0.05, 0.1) is 41.3 Å². The number of rotatable bonds is 5. The molecule has 1 saturated heterocycles. The lowest BCUT2D eigenvalue weighted by Gasteiger charge is -2.38. The van der Waals surface area contributed by atoms with E-state index in [0.29, 0.717) is 30.3 Å². The van der Waals surface area contributed by atoms with Gasteiger partial charge < -0.3 is 9.64 Å². The summed E-state index contributed by atoms with van der Waals surface area (Å²) >= 11 is 0. The van der Waals surface area contributed by atoms with E-state index in [-0.39, 0.29) is 17.7 Å². The molecule has 172 valence electrons. The van der Waals surface area contributed by atoms with Crippen LogP contribution in [0.1, 0.15) is 28.8 Å². The van der Waals surface area contributed by atoms with Gasteiger partial charge in [0.1, 0.15) is 12.8 Å². The molecule has 1 aromatic carbocycles. The molecule has 2 fully saturated rings. The van der Waals surface area contributed by atoms with Gasteiger partial charge in [-0.3, -0.25) is 4.79 Å². The van der Waals surface area contributed by atoms with Crippen LogP contribution in [0.15, 0.2) is 55.0 Å². The molecule has 2 bridgehead atoms. The molecule has 2 aromatic heterocycles. The van der Waals surface area contributed by atoms with Crippen LogP contribution in [0.4, 0.5) is 17.6 Å². The highest BCUT2D eigenvalue weighted by atomic mass is 19.4. The summed E-state index contributed by atoms with van der Waals surface area (Å²) in [7, 11) is 0. The van der Waals surface area contributed by atoms with Crippen LogP contribution in [-0.4, -0.2) is 55.6 Å². The number of halogens is 4. The number of aromatic nitrogens is 4. The highest BCUT2D eigenvalue weighted by molar-refractivity contribution is 5.98. The van der Waals surface area contributed by atoms with Crippen LogP contribution in [0.5, 0.6) is 5.88 Å². The van der Waals surface area contributed by atoms with E-state index in [1.807, 2.05) is 0 Å². The van der Waals surface area contributed by atoms with Crippen molar-refractivity contribution in [3.8, 4) is 11.6 Å². The van der Waals surface area contributed by atoms with Crippen molar-refractivity contribution in [3.05, 3.63) is 66.1 Å². The third-order valence-electron chi connectivity index (χ3n) is 6.26. The quantitative estimate of drug-likeness (QED) is 0.542. The number of piperidine rings is 1. The summed E-state index contributed by atoms with van der Waals surface area (Å²) in [5, 5.41) is 8.17. The van der Waals surface area contributed by atoms with Gasteiger partial charge in [0, 0.05) is 12.3 Å². The number of ether oxygens (including phenoxy) is 1. The Morgan fingerprint density at radius 1 is 1.09 bits per heavy atom. The largest absolute Gasteiger partial charge is 0.472 e. The van der Waals surface area contributed by atoms with E-state index in [2.05, 4.69) is 15.2 Å². The highest BCUT2D eigenvalue weighted by Gasteiger charge is 2.54. The van der Waals surface area contributed by atoms with Crippen molar-refractivity contribution in [1.82, 2.24) is 24.9 Å². The number of alkyl halides is 4. The summed E-state index contributed by atoms with van der Waals surface area (Å²) in [6.45, 7) is -0.694. The lowest BCUT2D eigenvalue weighted by molar-refractivity contribution is -0.137. The Bertz CT molecular complexity index is 1140. The Balaban J connectivity index is 1.40. The Morgan fingerprint density at radius 2 is 1.85 bits per heavy atom. The average Bonchev–Trinajstić information content (AvgIpc) is 3.55. The van der Waals surface area contributed by atoms with Gasteiger partial charge in [-0.25, -0.2) is 9.37 Å². The van der Waals surface area contributed by atoms with Crippen molar-refractivity contribution in [3.63, 3.8) is 0 Å². The summed E-state index contributed by atoms with van der Waals surface area (Å²) in [5.74, 6) is -0.448. The smallest absolute Gasteiger partial charge is 0.417 e. The molecule has 11 heteroatoms. The molecule has 1 saturated carbocycles. The van der Waals surface area contributed by atoms with Crippen LogP contribution in [0.2, 0.25) is 0 Å². The summed E-state index contributed by atoms with van der Waals surface area (Å²) < 4.78 is 58.2. The first-order valence-electron chi connectivity index (χ1n) is 10.4. The van der Waals surface area contributed by atoms with Crippen LogP contribution in [0.25, 0.3) is 5.69 Å². The number of likely N-dealkylation sites (tertiary alicyclic amines) is 1. The monoisotopic (exact) mass is 461 g/mol. The molecular formula is C22H19F4N5O2. The molecule has 0 N–H and O–H groups in total. The maximum absolute atomic E-state index is 14.0. The van der Waals surface area contributed by atoms with E-state index in [1.165, 1.54) is 22.1 Å². The van der Waals surface area contributed by atoms with Crippen molar-refractivity contribution in [2.24, 2.45) is 5.92 Å². The molecule has 0 radical (unpaired) electrons. The van der Waals surface area contributed by atoms with Crippen molar-refractivity contribution in [2.75, 3.05) is 6.67 Å². The van der Waals surface area contributed by atoms with Crippen molar-refractivity contribution in [2.45, 2.75) is 37.2 Å². The summed E-state index contributed by atoms with van der Waals surface area (Å²) in [6, 6.07) is 7.83. The molecule has 1 aliphatic carbocycles. The minimum Gasteiger partial charge on any atom is -0.472 e. The Morgan fingerprint density at radius 3 is 2.52 bits per heavy atom. The molecule has 33 heavy (non-hydrogen) atoms. The third kappa shape index (κ3) is 3.81. The maximum atomic E-state index is 14.0. The second-order valence-corrected chi connectivity index (χ2v) is 8.11. The second-order valence-electron chi connectivity index (χ2n) is 8.11. The number of amides is 1. The van der Waals surface area contributed by atoms with Gasteiger partial charge in [0.15, 0.2) is 0 Å². The number of benzene rings is 1. The zero-order valence-corrected chi connectivity index (χ0v) is 17.2. The zero-order chi connectivity index (χ0) is 23.2. The lowest BCUT2D eigenvalue weighted by atomic mass is 9.97. The van der Waals surface area contributed by atoms with Crippen molar-refractivity contribution < 1.29 is 27.1 Å². The Labute approximate surface area is 186 Å². The average molecular weight is 461 g/mol. The van der Waals surface area contributed by atoms with E-state index in [9.17, 15) is 22.4 Å². The minimum absolute atomic E-state index is 0.0332. The first kappa shape index (κ1) is 21.4. The number of hydrogen-bond donors (Lipinski definition) is 0. The number of carbonyl (C=O) groups excluding carboxylic acids is 1. The van der Waals surface area contributed by atoms with Gasteiger partial charge in [-0.05, 0) is 37.0 Å². The second kappa shape index (κ2) is 8.13. The fourth-order valence-corrected chi connectivity index (χ4v) is 4.80. The van der Waals surface area contributed by atoms with Crippen LogP contribution in [0, 0.1) is 5.92 Å². The topological polar surface area (TPSA) is 73.1 Å². The molecule has 1 amide bonds. The fraction of sp³-hybridized carbons (Fsp3) is 0.364. The van der Waals surface area contributed by atoms with Gasteiger partial charge in [-0.2, -0.15) is 28.2 Å². The minimum atomic E-state index is -4.49. The van der Waals surface area contributed by atoms with Crippen LogP contribution in [-0.2, 0) is 6.18 Å². The van der Waals surface area contributed by atoms with E-state index >= 15 is 0 Å². The SMILES string of the molecule is O=C(c1ccccc1-n1nccn1)N1C2CC(C[C@H]2Oc2ccc(C(F)(F)F)cn2)[C@H]1CF. The fourth-order valence-electron chi connectivity index (χ4n) is 4.80. The number of fused-ring (bicyclic) bond motifs is 2.